The van der Waals surface area contributed by atoms with Gasteiger partial charge in [-0.2, -0.15) is 0 Å². The first kappa shape index (κ1) is 13.8. The molecule has 0 aromatic heterocycles. The van der Waals surface area contributed by atoms with Gasteiger partial charge in [0, 0.05) is 12.3 Å². The van der Waals surface area contributed by atoms with Gasteiger partial charge in [-0.3, -0.25) is 0 Å². The normalized spacial score (nSPS) is 23.9. The highest BCUT2D eigenvalue weighted by atomic mass is 16.5. The lowest BCUT2D eigenvalue weighted by Crippen LogP contribution is -2.48. The number of amides is 2. The quantitative estimate of drug-likeness (QED) is 0.782. The van der Waals surface area contributed by atoms with Crippen molar-refractivity contribution in [2.24, 2.45) is 0 Å². The van der Waals surface area contributed by atoms with E-state index in [0.717, 1.165) is 12.0 Å². The van der Waals surface area contributed by atoms with Crippen LogP contribution in [0.1, 0.15) is 31.9 Å². The lowest BCUT2D eigenvalue weighted by atomic mass is 10.0. The number of hydrogen-bond donors (Lipinski definition) is 3. The van der Waals surface area contributed by atoms with E-state index in [0.29, 0.717) is 18.9 Å². The van der Waals surface area contributed by atoms with E-state index in [4.69, 9.17) is 4.74 Å². The fourth-order valence-electron chi connectivity index (χ4n) is 2.08. The average molecular weight is 264 g/mol. The van der Waals surface area contributed by atoms with Crippen LogP contribution in [0.3, 0.4) is 0 Å². The first-order valence-corrected chi connectivity index (χ1v) is 6.43. The van der Waals surface area contributed by atoms with Crippen LogP contribution >= 0.6 is 0 Å². The molecule has 0 spiro atoms. The molecule has 1 saturated heterocycles. The summed E-state index contributed by atoms with van der Waals surface area (Å²) in [6, 6.07) is 6.92. The van der Waals surface area contributed by atoms with Crippen molar-refractivity contribution in [3.63, 3.8) is 0 Å². The minimum atomic E-state index is -0.550. The van der Waals surface area contributed by atoms with Gasteiger partial charge in [0.15, 0.2) is 0 Å². The zero-order valence-corrected chi connectivity index (χ0v) is 11.3. The van der Waals surface area contributed by atoms with Crippen LogP contribution in [0.4, 0.5) is 10.5 Å². The van der Waals surface area contributed by atoms with Gasteiger partial charge in [-0.25, -0.2) is 4.79 Å². The second-order valence-electron chi connectivity index (χ2n) is 5.24. The zero-order valence-electron chi connectivity index (χ0n) is 11.3. The van der Waals surface area contributed by atoms with Gasteiger partial charge >= 0.3 is 6.03 Å². The summed E-state index contributed by atoms with van der Waals surface area (Å²) < 4.78 is 5.29. The highest BCUT2D eigenvalue weighted by Gasteiger charge is 2.31. The fourth-order valence-corrected chi connectivity index (χ4v) is 2.08. The number of anilines is 1. The number of nitrogens with one attached hydrogen (secondary N) is 2. The summed E-state index contributed by atoms with van der Waals surface area (Å²) in [5, 5.41) is 15.2. The van der Waals surface area contributed by atoms with E-state index in [1.165, 1.54) is 0 Å². The molecule has 2 unspecified atom stereocenters. The highest BCUT2D eigenvalue weighted by Crippen LogP contribution is 2.19. The van der Waals surface area contributed by atoms with Crippen molar-refractivity contribution in [3.8, 4) is 0 Å². The molecule has 1 aliphatic heterocycles. The largest absolute Gasteiger partial charge is 0.389 e. The molecule has 5 heteroatoms. The van der Waals surface area contributed by atoms with Crippen LogP contribution in [0.2, 0.25) is 0 Å². The van der Waals surface area contributed by atoms with Crippen molar-refractivity contribution in [2.45, 2.75) is 31.9 Å². The Balaban J connectivity index is 1.97. The highest BCUT2D eigenvalue weighted by molar-refractivity contribution is 5.89. The minimum absolute atomic E-state index is 0.254. The SMILES string of the molecule is CC(O)c1cccc(NC(=O)NC2(C)CCOC2)c1. The molecular formula is C14H20N2O3. The molecule has 5 nitrogen and oxygen atoms in total. The summed E-state index contributed by atoms with van der Waals surface area (Å²) >= 11 is 0. The smallest absolute Gasteiger partial charge is 0.319 e. The zero-order chi connectivity index (χ0) is 13.9. The van der Waals surface area contributed by atoms with Gasteiger partial charge in [0.05, 0.1) is 18.2 Å². The summed E-state index contributed by atoms with van der Waals surface area (Å²) in [6.45, 7) is 4.87. The second-order valence-corrected chi connectivity index (χ2v) is 5.24. The Kier molecular flexibility index (Phi) is 4.07. The molecule has 0 aliphatic carbocycles. The lowest BCUT2D eigenvalue weighted by Gasteiger charge is -2.23. The molecule has 3 N–H and O–H groups in total. The number of urea groups is 1. The predicted molar refractivity (Wildman–Crippen MR) is 73.1 cm³/mol. The second kappa shape index (κ2) is 5.59. The lowest BCUT2D eigenvalue weighted by molar-refractivity contribution is 0.172. The van der Waals surface area contributed by atoms with E-state index in [-0.39, 0.29) is 11.6 Å². The molecule has 19 heavy (non-hydrogen) atoms. The molecule has 1 aromatic carbocycles. The summed E-state index contributed by atoms with van der Waals surface area (Å²) in [5.41, 5.74) is 1.14. The minimum Gasteiger partial charge on any atom is -0.389 e. The van der Waals surface area contributed by atoms with Crippen LogP contribution < -0.4 is 10.6 Å². The predicted octanol–water partition coefficient (Wildman–Crippen LogP) is 2.04. The number of carbonyl (C=O) groups excluding carboxylic acids is 1. The third kappa shape index (κ3) is 3.68. The fraction of sp³-hybridized carbons (Fsp3) is 0.500. The maximum atomic E-state index is 11.9. The Bertz CT molecular complexity index is 454. The Labute approximate surface area is 113 Å². The number of carbonyl (C=O) groups is 1. The Morgan fingerprint density at radius 1 is 1.53 bits per heavy atom. The Hall–Kier alpha value is -1.59. The van der Waals surface area contributed by atoms with Gasteiger partial charge in [-0.1, -0.05) is 12.1 Å². The summed E-state index contributed by atoms with van der Waals surface area (Å²) in [4.78, 5) is 11.9. The van der Waals surface area contributed by atoms with Crippen LogP contribution in [-0.4, -0.2) is 29.9 Å². The molecular weight excluding hydrogens is 244 g/mol. The summed E-state index contributed by atoms with van der Waals surface area (Å²) in [6.07, 6.45) is 0.263. The molecule has 2 rings (SSSR count). The maximum absolute atomic E-state index is 11.9. The molecule has 1 heterocycles. The maximum Gasteiger partial charge on any atom is 0.319 e. The topological polar surface area (TPSA) is 70.6 Å². The van der Waals surface area contributed by atoms with E-state index < -0.39 is 6.10 Å². The van der Waals surface area contributed by atoms with Crippen LogP contribution in [0.15, 0.2) is 24.3 Å². The molecule has 1 fully saturated rings. The standard InChI is InChI=1S/C14H20N2O3/c1-10(17)11-4-3-5-12(8-11)15-13(18)16-14(2)6-7-19-9-14/h3-5,8,10,17H,6-7,9H2,1-2H3,(H2,15,16,18). The van der Waals surface area contributed by atoms with Gasteiger partial charge in [-0.05, 0) is 38.0 Å². The number of benzene rings is 1. The van der Waals surface area contributed by atoms with Crippen molar-refractivity contribution in [1.29, 1.82) is 0 Å². The molecule has 0 saturated carbocycles. The third-order valence-electron chi connectivity index (χ3n) is 3.26. The van der Waals surface area contributed by atoms with Gasteiger partial charge in [-0.15, -0.1) is 0 Å². The molecule has 2 atom stereocenters. The van der Waals surface area contributed by atoms with Crippen molar-refractivity contribution >= 4 is 11.7 Å². The third-order valence-corrected chi connectivity index (χ3v) is 3.26. The monoisotopic (exact) mass is 264 g/mol. The molecule has 104 valence electrons. The van der Waals surface area contributed by atoms with Crippen molar-refractivity contribution < 1.29 is 14.6 Å². The van der Waals surface area contributed by atoms with Crippen LogP contribution in [0.25, 0.3) is 0 Å². The van der Waals surface area contributed by atoms with Gasteiger partial charge in [0.25, 0.3) is 0 Å². The van der Waals surface area contributed by atoms with Crippen molar-refractivity contribution in [3.05, 3.63) is 29.8 Å². The number of ether oxygens (including phenoxy) is 1. The Morgan fingerprint density at radius 3 is 2.95 bits per heavy atom. The van der Waals surface area contributed by atoms with E-state index >= 15 is 0 Å². The van der Waals surface area contributed by atoms with Gasteiger partial charge in [0.2, 0.25) is 0 Å². The first-order chi connectivity index (χ1) is 8.98. The van der Waals surface area contributed by atoms with Gasteiger partial charge in [0.1, 0.15) is 0 Å². The number of hydrogen-bond acceptors (Lipinski definition) is 3. The number of aliphatic hydroxyl groups excluding tert-OH is 1. The summed E-state index contributed by atoms with van der Waals surface area (Å²) in [7, 11) is 0. The van der Waals surface area contributed by atoms with Gasteiger partial charge < -0.3 is 20.5 Å². The summed E-state index contributed by atoms with van der Waals surface area (Å²) in [5.74, 6) is 0. The number of aliphatic hydroxyl groups is 1. The van der Waals surface area contributed by atoms with E-state index in [1.54, 1.807) is 25.1 Å². The van der Waals surface area contributed by atoms with E-state index in [9.17, 15) is 9.90 Å². The van der Waals surface area contributed by atoms with Crippen molar-refractivity contribution in [1.82, 2.24) is 5.32 Å². The Morgan fingerprint density at radius 2 is 2.32 bits per heavy atom. The molecule has 1 aromatic rings. The van der Waals surface area contributed by atoms with E-state index in [1.807, 2.05) is 13.0 Å². The van der Waals surface area contributed by atoms with Crippen molar-refractivity contribution in [2.75, 3.05) is 18.5 Å². The molecule has 0 bridgehead atoms. The van der Waals surface area contributed by atoms with Crippen LogP contribution in [-0.2, 0) is 4.74 Å². The molecule has 1 aliphatic rings. The number of rotatable bonds is 3. The molecule has 2 amide bonds. The van der Waals surface area contributed by atoms with Crippen LogP contribution in [0.5, 0.6) is 0 Å². The van der Waals surface area contributed by atoms with E-state index in [2.05, 4.69) is 10.6 Å². The average Bonchev–Trinajstić information content (AvgIpc) is 2.75. The first-order valence-electron chi connectivity index (χ1n) is 6.43. The molecule has 0 radical (unpaired) electrons. The van der Waals surface area contributed by atoms with Crippen LogP contribution in [0, 0.1) is 0 Å².